The van der Waals surface area contributed by atoms with Crippen molar-refractivity contribution in [3.05, 3.63) is 63.0 Å². The third-order valence-electron chi connectivity index (χ3n) is 10.6. The molecule has 256 valence electrons. The van der Waals surface area contributed by atoms with Crippen LogP contribution in [0, 0.1) is 5.92 Å². The summed E-state index contributed by atoms with van der Waals surface area (Å²) in [5.41, 5.74) is 1.58. The van der Waals surface area contributed by atoms with E-state index in [-0.39, 0.29) is 42.3 Å². The number of halogens is 2. The summed E-state index contributed by atoms with van der Waals surface area (Å²) in [4.78, 5) is 45.7. The van der Waals surface area contributed by atoms with Crippen molar-refractivity contribution in [1.29, 1.82) is 0 Å². The van der Waals surface area contributed by atoms with Crippen LogP contribution in [-0.2, 0) is 20.7 Å². The molecule has 0 bridgehead atoms. The molecule has 2 amide bonds. The SMILES string of the molecule is O=C(Nc1cc(Cl)c(CC(=O)N2C[C@@H](N3CCN(C4CC4)CC3)C[C@H]2CO[C@H]2CC[C@H](C(=O)O)CC2)cc1Cl)c1csc2ccccc12. The molecule has 0 radical (unpaired) electrons. The molecule has 2 aromatic carbocycles. The quantitative estimate of drug-likeness (QED) is 0.251. The summed E-state index contributed by atoms with van der Waals surface area (Å²) in [6.07, 6.45) is 6.27. The summed E-state index contributed by atoms with van der Waals surface area (Å²) >= 11 is 14.9. The van der Waals surface area contributed by atoms with Crippen LogP contribution in [0.4, 0.5) is 5.69 Å². The molecule has 1 aromatic heterocycles. The number of hydrogen-bond donors (Lipinski definition) is 2. The van der Waals surface area contributed by atoms with Crippen molar-refractivity contribution in [2.75, 3.05) is 44.6 Å². The van der Waals surface area contributed by atoms with E-state index >= 15 is 0 Å². The zero-order valence-electron chi connectivity index (χ0n) is 26.9. The Labute approximate surface area is 295 Å². The maximum absolute atomic E-state index is 14.0. The smallest absolute Gasteiger partial charge is 0.306 e. The first-order chi connectivity index (χ1) is 23.2. The molecule has 2 aliphatic heterocycles. The first kappa shape index (κ1) is 33.8. The highest BCUT2D eigenvalue weighted by Gasteiger charge is 2.41. The molecule has 4 aliphatic rings. The number of amides is 2. The van der Waals surface area contributed by atoms with Crippen molar-refractivity contribution in [2.45, 2.75) is 75.6 Å². The highest BCUT2D eigenvalue weighted by atomic mass is 35.5. The molecule has 9 nitrogen and oxygen atoms in total. The van der Waals surface area contributed by atoms with Crippen LogP contribution in [0.2, 0.25) is 10.0 Å². The molecular formula is C36H42Cl2N4O5S. The zero-order valence-corrected chi connectivity index (χ0v) is 29.2. The number of carboxylic acids is 1. The van der Waals surface area contributed by atoms with Gasteiger partial charge < -0.3 is 20.1 Å². The lowest BCUT2D eigenvalue weighted by Crippen LogP contribution is -2.51. The molecule has 48 heavy (non-hydrogen) atoms. The van der Waals surface area contributed by atoms with E-state index in [0.717, 1.165) is 61.6 Å². The number of fused-ring (bicyclic) bond motifs is 1. The summed E-state index contributed by atoms with van der Waals surface area (Å²) in [7, 11) is 0. The molecule has 12 heteroatoms. The van der Waals surface area contributed by atoms with Gasteiger partial charge in [0.15, 0.2) is 0 Å². The Bertz CT molecular complexity index is 1660. The fourth-order valence-corrected chi connectivity index (χ4v) is 9.08. The molecular weight excluding hydrogens is 671 g/mol. The monoisotopic (exact) mass is 712 g/mol. The van der Waals surface area contributed by atoms with Crippen molar-refractivity contribution >= 4 is 68.1 Å². The highest BCUT2D eigenvalue weighted by Crippen LogP contribution is 2.34. The zero-order chi connectivity index (χ0) is 33.4. The van der Waals surface area contributed by atoms with Gasteiger partial charge in [-0.1, -0.05) is 41.4 Å². The Morgan fingerprint density at radius 2 is 1.62 bits per heavy atom. The molecule has 0 spiro atoms. The van der Waals surface area contributed by atoms with Gasteiger partial charge in [0.1, 0.15) is 0 Å². The summed E-state index contributed by atoms with van der Waals surface area (Å²) in [6, 6.07) is 12.0. The van der Waals surface area contributed by atoms with Crippen molar-refractivity contribution < 1.29 is 24.2 Å². The molecule has 2 atom stereocenters. The van der Waals surface area contributed by atoms with Crippen LogP contribution in [0.15, 0.2) is 41.8 Å². The van der Waals surface area contributed by atoms with E-state index in [1.807, 2.05) is 34.5 Å². The number of carboxylic acid groups (broad SMARTS) is 1. The topological polar surface area (TPSA) is 102 Å². The van der Waals surface area contributed by atoms with Crippen LogP contribution in [0.3, 0.4) is 0 Å². The van der Waals surface area contributed by atoms with Gasteiger partial charge in [-0.2, -0.15) is 0 Å². The Balaban J connectivity index is 1.01. The van der Waals surface area contributed by atoms with E-state index in [0.29, 0.717) is 52.9 Å². The van der Waals surface area contributed by atoms with Crippen LogP contribution in [0.25, 0.3) is 10.1 Å². The summed E-state index contributed by atoms with van der Waals surface area (Å²) in [5.74, 6) is -1.32. The van der Waals surface area contributed by atoms with Gasteiger partial charge in [-0.15, -0.1) is 11.3 Å². The number of carbonyl (C=O) groups excluding carboxylic acids is 2. The number of thiophene rings is 1. The van der Waals surface area contributed by atoms with Crippen molar-refractivity contribution in [3.63, 3.8) is 0 Å². The predicted octanol–water partition coefficient (Wildman–Crippen LogP) is 6.41. The van der Waals surface area contributed by atoms with Gasteiger partial charge in [-0.3, -0.25) is 24.2 Å². The minimum atomic E-state index is -0.726. The third-order valence-corrected chi connectivity index (χ3v) is 12.3. The minimum absolute atomic E-state index is 0.0155. The third kappa shape index (κ3) is 7.54. The number of ether oxygens (including phenoxy) is 1. The number of likely N-dealkylation sites (tertiary alicyclic amines) is 1. The molecule has 7 rings (SSSR count). The summed E-state index contributed by atoms with van der Waals surface area (Å²) in [5, 5.41) is 15.7. The predicted molar refractivity (Wildman–Crippen MR) is 189 cm³/mol. The molecule has 2 aliphatic carbocycles. The van der Waals surface area contributed by atoms with Crippen molar-refractivity contribution in [3.8, 4) is 0 Å². The maximum atomic E-state index is 14.0. The first-order valence-corrected chi connectivity index (χ1v) is 18.7. The van der Waals surface area contributed by atoms with Crippen LogP contribution in [-0.4, -0.2) is 101 Å². The first-order valence-electron chi connectivity index (χ1n) is 17.1. The number of benzene rings is 2. The van der Waals surface area contributed by atoms with E-state index in [2.05, 4.69) is 15.1 Å². The van der Waals surface area contributed by atoms with E-state index < -0.39 is 5.97 Å². The van der Waals surface area contributed by atoms with Gasteiger partial charge in [0, 0.05) is 65.3 Å². The van der Waals surface area contributed by atoms with Crippen LogP contribution >= 0.6 is 34.5 Å². The molecule has 2 saturated carbocycles. The molecule has 4 fully saturated rings. The summed E-state index contributed by atoms with van der Waals surface area (Å²) in [6.45, 7) is 5.22. The largest absolute Gasteiger partial charge is 0.481 e. The average molecular weight is 714 g/mol. The second-order valence-corrected chi connectivity index (χ2v) is 15.5. The molecule has 2 saturated heterocycles. The fraction of sp³-hybridized carbons (Fsp3) is 0.528. The van der Waals surface area contributed by atoms with Crippen LogP contribution in [0.1, 0.15) is 60.9 Å². The normalized spacial score (nSPS) is 25.4. The molecule has 2 N–H and O–H groups in total. The van der Waals surface area contributed by atoms with Crippen molar-refractivity contribution in [2.24, 2.45) is 5.92 Å². The van der Waals surface area contributed by atoms with Gasteiger partial charge in [0.25, 0.3) is 5.91 Å². The lowest BCUT2D eigenvalue weighted by molar-refractivity contribution is -0.144. The molecule has 3 aromatic rings. The van der Waals surface area contributed by atoms with Gasteiger partial charge in [0.2, 0.25) is 5.91 Å². The fourth-order valence-electron chi connectivity index (χ4n) is 7.68. The molecule has 0 unspecified atom stereocenters. The Morgan fingerprint density at radius 1 is 0.917 bits per heavy atom. The number of hydrogen-bond acceptors (Lipinski definition) is 7. The number of piperazine rings is 1. The molecule has 3 heterocycles. The van der Waals surface area contributed by atoms with Gasteiger partial charge in [-0.05, 0) is 68.7 Å². The number of carbonyl (C=O) groups is 3. The lowest BCUT2D eigenvalue weighted by Gasteiger charge is -2.38. The Morgan fingerprint density at radius 3 is 2.33 bits per heavy atom. The van der Waals surface area contributed by atoms with E-state index in [4.69, 9.17) is 27.9 Å². The van der Waals surface area contributed by atoms with E-state index in [1.165, 1.54) is 24.2 Å². The van der Waals surface area contributed by atoms with Crippen molar-refractivity contribution in [1.82, 2.24) is 14.7 Å². The Hall–Kier alpha value is -2.73. The van der Waals surface area contributed by atoms with E-state index in [9.17, 15) is 19.5 Å². The van der Waals surface area contributed by atoms with Gasteiger partial charge >= 0.3 is 5.97 Å². The number of nitrogens with zero attached hydrogens (tertiary/aromatic N) is 3. The second kappa shape index (κ2) is 14.6. The number of rotatable bonds is 10. The number of nitrogens with one attached hydrogen (secondary N) is 1. The lowest BCUT2D eigenvalue weighted by atomic mass is 9.87. The standard InChI is InChI=1S/C36H42Cl2N4O5S/c37-30-18-32(39-35(44)29-21-48-33-4-2-1-3-28(29)33)31(38)15-23(30)16-34(43)42-19-25(41-13-11-40(12-14-41)24-7-8-24)17-26(42)20-47-27-9-5-22(6-10-27)36(45)46/h1-4,15,18,21-22,24-27H,5-14,16-17,19-20H2,(H,39,44)(H,45,46)/t22-,25-,26-,27-/m0/s1. The maximum Gasteiger partial charge on any atom is 0.306 e. The highest BCUT2D eigenvalue weighted by molar-refractivity contribution is 7.17. The Kier molecular flexibility index (Phi) is 10.3. The summed E-state index contributed by atoms with van der Waals surface area (Å²) < 4.78 is 7.40. The number of aliphatic carboxylic acids is 1. The van der Waals surface area contributed by atoms with Gasteiger partial charge in [-0.25, -0.2) is 0 Å². The van der Waals surface area contributed by atoms with Crippen LogP contribution < -0.4 is 5.32 Å². The average Bonchev–Trinajstić information content (AvgIpc) is 3.70. The minimum Gasteiger partial charge on any atom is -0.481 e. The second-order valence-electron chi connectivity index (χ2n) is 13.7. The number of anilines is 1. The van der Waals surface area contributed by atoms with Gasteiger partial charge in [0.05, 0.1) is 47.4 Å². The van der Waals surface area contributed by atoms with Crippen LogP contribution in [0.5, 0.6) is 0 Å². The van der Waals surface area contributed by atoms with E-state index in [1.54, 1.807) is 12.1 Å².